The number of nitrogens with zero attached hydrogens (tertiary/aromatic N) is 1. The molecule has 1 radical (unpaired) electrons. The van der Waals surface area contributed by atoms with Gasteiger partial charge in [0.05, 0.1) is 0 Å². The lowest BCUT2D eigenvalue weighted by molar-refractivity contribution is 0.210. The summed E-state index contributed by atoms with van der Waals surface area (Å²) >= 11 is 0. The van der Waals surface area contributed by atoms with Crippen LogP contribution in [-0.4, -0.2) is 6.21 Å². The lowest BCUT2D eigenvalue weighted by Crippen LogP contribution is -2.04. The van der Waals surface area contributed by atoms with Crippen LogP contribution in [-0.2, 0) is 4.84 Å². The van der Waals surface area contributed by atoms with Crippen molar-refractivity contribution >= 4 is 6.21 Å². The molecule has 1 aromatic rings. The standard InChI is InChI=1S/C19H24NO/c1-3-9-17(10-4-1)18-11-7-8-16(14-18)15-20-21-19-12-5-2-6-13-19/h7-8,11-12,14,17H,1-6,9-10,13H2. The molecular weight excluding hydrogens is 258 g/mol. The van der Waals surface area contributed by atoms with Crippen molar-refractivity contribution in [2.45, 2.75) is 63.7 Å². The van der Waals surface area contributed by atoms with E-state index in [2.05, 4.69) is 41.7 Å². The summed E-state index contributed by atoms with van der Waals surface area (Å²) in [7, 11) is 0. The average molecular weight is 282 g/mol. The third-order valence-corrected chi connectivity index (χ3v) is 4.55. The van der Waals surface area contributed by atoms with E-state index in [1.54, 1.807) is 0 Å². The predicted octanol–water partition coefficient (Wildman–Crippen LogP) is 5.42. The lowest BCUT2D eigenvalue weighted by atomic mass is 9.84. The molecule has 111 valence electrons. The highest BCUT2D eigenvalue weighted by Crippen LogP contribution is 2.32. The second-order valence-electron chi connectivity index (χ2n) is 6.17. The van der Waals surface area contributed by atoms with Gasteiger partial charge in [-0.25, -0.2) is 0 Å². The number of allylic oxidation sites excluding steroid dienone is 2. The topological polar surface area (TPSA) is 21.6 Å². The zero-order valence-corrected chi connectivity index (χ0v) is 12.7. The molecular formula is C19H24NO. The van der Waals surface area contributed by atoms with Gasteiger partial charge in [0.1, 0.15) is 12.0 Å². The van der Waals surface area contributed by atoms with Crippen LogP contribution in [0.2, 0.25) is 0 Å². The maximum atomic E-state index is 5.45. The van der Waals surface area contributed by atoms with Crippen LogP contribution in [0.1, 0.15) is 74.8 Å². The molecule has 0 amide bonds. The van der Waals surface area contributed by atoms with Gasteiger partial charge in [-0.2, -0.15) is 0 Å². The first-order chi connectivity index (χ1) is 10.4. The van der Waals surface area contributed by atoms with Gasteiger partial charge in [0.15, 0.2) is 0 Å². The maximum absolute atomic E-state index is 5.45. The van der Waals surface area contributed by atoms with E-state index in [4.69, 9.17) is 4.84 Å². The minimum atomic E-state index is 0.725. The molecule has 2 aliphatic carbocycles. The van der Waals surface area contributed by atoms with Gasteiger partial charge in [-0.15, -0.1) is 0 Å². The molecule has 21 heavy (non-hydrogen) atoms. The Morgan fingerprint density at radius 1 is 1.05 bits per heavy atom. The van der Waals surface area contributed by atoms with Gasteiger partial charge >= 0.3 is 0 Å². The molecule has 0 heterocycles. The monoisotopic (exact) mass is 282 g/mol. The fraction of sp³-hybridized carbons (Fsp3) is 0.526. The predicted molar refractivity (Wildman–Crippen MR) is 86.4 cm³/mol. The summed E-state index contributed by atoms with van der Waals surface area (Å²) in [6.45, 7) is 0. The van der Waals surface area contributed by atoms with Gasteiger partial charge in [0, 0.05) is 12.0 Å². The van der Waals surface area contributed by atoms with E-state index in [0.29, 0.717) is 0 Å². The zero-order valence-electron chi connectivity index (χ0n) is 12.7. The molecule has 0 unspecified atom stereocenters. The van der Waals surface area contributed by atoms with Gasteiger partial charge in [-0.05, 0) is 55.7 Å². The molecule has 2 nitrogen and oxygen atoms in total. The summed E-state index contributed by atoms with van der Waals surface area (Å²) in [6.07, 6.45) is 16.5. The molecule has 0 aliphatic heterocycles. The van der Waals surface area contributed by atoms with Gasteiger partial charge in [0.2, 0.25) is 0 Å². The summed E-state index contributed by atoms with van der Waals surface area (Å²) in [5.74, 6) is 1.72. The van der Waals surface area contributed by atoms with Gasteiger partial charge in [0.25, 0.3) is 0 Å². The van der Waals surface area contributed by atoms with Crippen molar-refractivity contribution in [3.8, 4) is 0 Å². The SMILES string of the molecule is [C](=NOC1=CCCCC1)c1cccc(C2CCCCC2)c1. The van der Waals surface area contributed by atoms with Gasteiger partial charge < -0.3 is 4.84 Å². The number of rotatable bonds is 4. The van der Waals surface area contributed by atoms with Crippen LogP contribution in [0.3, 0.4) is 0 Å². The van der Waals surface area contributed by atoms with Crippen LogP contribution in [0, 0.1) is 0 Å². The number of benzene rings is 1. The van der Waals surface area contributed by atoms with Crippen molar-refractivity contribution < 1.29 is 4.84 Å². The lowest BCUT2D eigenvalue weighted by Gasteiger charge is -2.22. The van der Waals surface area contributed by atoms with Crippen LogP contribution in [0.25, 0.3) is 0 Å². The Morgan fingerprint density at radius 3 is 2.76 bits per heavy atom. The van der Waals surface area contributed by atoms with E-state index in [-0.39, 0.29) is 0 Å². The summed E-state index contributed by atoms with van der Waals surface area (Å²) in [5.41, 5.74) is 2.46. The van der Waals surface area contributed by atoms with Crippen LogP contribution in [0.5, 0.6) is 0 Å². The highest BCUT2D eigenvalue weighted by Gasteiger charge is 2.15. The van der Waals surface area contributed by atoms with Crippen molar-refractivity contribution in [3.63, 3.8) is 0 Å². The van der Waals surface area contributed by atoms with Crippen molar-refractivity contribution in [1.29, 1.82) is 0 Å². The molecule has 0 saturated heterocycles. The third-order valence-electron chi connectivity index (χ3n) is 4.55. The molecule has 1 saturated carbocycles. The molecule has 1 aromatic carbocycles. The van der Waals surface area contributed by atoms with E-state index in [1.165, 1.54) is 50.5 Å². The van der Waals surface area contributed by atoms with Gasteiger partial charge in [-0.1, -0.05) is 42.6 Å². The van der Waals surface area contributed by atoms with E-state index in [9.17, 15) is 0 Å². The highest BCUT2D eigenvalue weighted by molar-refractivity contribution is 5.79. The van der Waals surface area contributed by atoms with E-state index >= 15 is 0 Å². The van der Waals surface area contributed by atoms with Crippen molar-refractivity contribution in [3.05, 3.63) is 47.2 Å². The fourth-order valence-corrected chi connectivity index (χ4v) is 3.32. The second-order valence-corrected chi connectivity index (χ2v) is 6.17. The molecule has 0 spiro atoms. The van der Waals surface area contributed by atoms with Crippen molar-refractivity contribution in [2.24, 2.45) is 5.16 Å². The Balaban J connectivity index is 1.61. The van der Waals surface area contributed by atoms with Gasteiger partial charge in [-0.3, -0.25) is 0 Å². The minimum Gasteiger partial charge on any atom is -0.361 e. The summed E-state index contributed by atoms with van der Waals surface area (Å²) in [5, 5.41) is 4.03. The average Bonchev–Trinajstić information content (AvgIpc) is 2.57. The molecule has 2 aliphatic rings. The highest BCUT2D eigenvalue weighted by atomic mass is 16.6. The van der Waals surface area contributed by atoms with Crippen LogP contribution in [0.4, 0.5) is 0 Å². The Kier molecular flexibility index (Phi) is 5.09. The van der Waals surface area contributed by atoms with E-state index in [1.807, 2.05) is 0 Å². The molecule has 0 atom stereocenters. The molecule has 0 N–H and O–H groups in total. The van der Waals surface area contributed by atoms with Crippen LogP contribution < -0.4 is 0 Å². The molecule has 2 heteroatoms. The summed E-state index contributed by atoms with van der Waals surface area (Å²) < 4.78 is 0. The van der Waals surface area contributed by atoms with Crippen molar-refractivity contribution in [2.75, 3.05) is 0 Å². The number of hydrogen-bond acceptors (Lipinski definition) is 2. The fourth-order valence-electron chi connectivity index (χ4n) is 3.32. The summed E-state index contributed by atoms with van der Waals surface area (Å²) in [4.78, 5) is 5.45. The molecule has 1 fully saturated rings. The number of hydrogen-bond donors (Lipinski definition) is 0. The zero-order chi connectivity index (χ0) is 14.3. The summed E-state index contributed by atoms with van der Waals surface area (Å²) in [6, 6.07) is 8.62. The molecule has 0 aromatic heterocycles. The Bertz CT molecular complexity index is 512. The normalized spacial score (nSPS) is 20.5. The molecule has 3 rings (SSSR count). The van der Waals surface area contributed by atoms with E-state index in [0.717, 1.165) is 30.1 Å². The quantitative estimate of drug-likeness (QED) is 0.533. The largest absolute Gasteiger partial charge is 0.361 e. The first kappa shape index (κ1) is 14.4. The molecule has 0 bridgehead atoms. The smallest absolute Gasteiger partial charge is 0.140 e. The van der Waals surface area contributed by atoms with Crippen LogP contribution in [0.15, 0.2) is 41.3 Å². The van der Waals surface area contributed by atoms with Crippen LogP contribution >= 0.6 is 0 Å². The first-order valence-electron chi connectivity index (χ1n) is 8.34. The first-order valence-corrected chi connectivity index (χ1v) is 8.34. The maximum Gasteiger partial charge on any atom is 0.140 e. The Hall–Kier alpha value is -1.57. The van der Waals surface area contributed by atoms with E-state index < -0.39 is 0 Å². The second kappa shape index (κ2) is 7.44. The third kappa shape index (κ3) is 4.20. The minimum absolute atomic E-state index is 0.725. The Morgan fingerprint density at radius 2 is 1.95 bits per heavy atom. The Labute approximate surface area is 127 Å². The van der Waals surface area contributed by atoms with Crippen molar-refractivity contribution in [1.82, 2.24) is 0 Å².